The number of carbonyl (C=O) groups excluding carboxylic acids is 1. The van der Waals surface area contributed by atoms with Crippen molar-refractivity contribution in [2.24, 2.45) is 0 Å². The van der Waals surface area contributed by atoms with Crippen LogP contribution >= 0.6 is 0 Å². The van der Waals surface area contributed by atoms with Gasteiger partial charge in [0.25, 0.3) is 0 Å². The third-order valence-corrected chi connectivity index (χ3v) is 4.29. The van der Waals surface area contributed by atoms with Gasteiger partial charge in [-0.15, -0.1) is 0 Å². The van der Waals surface area contributed by atoms with Gasteiger partial charge in [0, 0.05) is 5.92 Å². The zero-order valence-electron chi connectivity index (χ0n) is 14.1. The fourth-order valence-electron chi connectivity index (χ4n) is 3.25. The Balaban J connectivity index is 1.77. The molecule has 0 atom stereocenters. The third kappa shape index (κ3) is 4.21. The summed E-state index contributed by atoms with van der Waals surface area (Å²) in [7, 11) is 0. The van der Waals surface area contributed by atoms with Crippen LogP contribution in [0.5, 0.6) is 0 Å². The summed E-state index contributed by atoms with van der Waals surface area (Å²) in [6.45, 7) is -2.95. The highest BCUT2D eigenvalue weighted by molar-refractivity contribution is 5.79. The molecule has 0 saturated carbocycles. The Morgan fingerprint density at radius 1 is 1.00 bits per heavy atom. The molecule has 0 saturated heterocycles. The molecular weight excluding hydrogens is 363 g/mol. The van der Waals surface area contributed by atoms with Crippen LogP contribution in [0.1, 0.15) is 17.0 Å². The van der Waals surface area contributed by atoms with E-state index in [4.69, 9.17) is 9.84 Å². The number of carboxylic acids is 1. The van der Waals surface area contributed by atoms with Crippen LogP contribution in [0, 0.1) is 0 Å². The number of carboxylic acid groups (broad SMARTS) is 1. The summed E-state index contributed by atoms with van der Waals surface area (Å²) in [5.41, 5.74) is 3.78. The first-order valence-electron chi connectivity index (χ1n) is 8.15. The number of rotatable bonds is 5. The Labute approximate surface area is 153 Å². The summed E-state index contributed by atoms with van der Waals surface area (Å²) < 4.78 is 42.9. The van der Waals surface area contributed by atoms with E-state index in [0.717, 1.165) is 22.3 Å². The second-order valence-electron chi connectivity index (χ2n) is 6.17. The quantitative estimate of drug-likeness (QED) is 0.856. The van der Waals surface area contributed by atoms with E-state index in [2.05, 4.69) is 0 Å². The number of ether oxygens (including phenoxy) is 1. The summed E-state index contributed by atoms with van der Waals surface area (Å²) in [4.78, 5) is 23.0. The lowest BCUT2D eigenvalue weighted by atomic mass is 9.98. The fourth-order valence-corrected chi connectivity index (χ4v) is 3.25. The Morgan fingerprint density at radius 2 is 1.52 bits per heavy atom. The summed E-state index contributed by atoms with van der Waals surface area (Å²) in [5.74, 6) is -1.87. The number of benzene rings is 2. The fraction of sp³-hybridized carbons (Fsp3) is 0.263. The number of alkyl halides is 3. The molecular formula is C19H16F3NO4. The highest BCUT2D eigenvalue weighted by atomic mass is 19.4. The predicted octanol–water partition coefficient (Wildman–Crippen LogP) is 3.88. The van der Waals surface area contributed by atoms with Gasteiger partial charge in [0.1, 0.15) is 19.7 Å². The van der Waals surface area contributed by atoms with E-state index in [1.165, 1.54) is 0 Å². The largest absolute Gasteiger partial charge is 0.480 e. The zero-order valence-corrected chi connectivity index (χ0v) is 14.1. The van der Waals surface area contributed by atoms with Crippen LogP contribution in [0.15, 0.2) is 48.5 Å². The molecule has 1 aliphatic rings. The Kier molecular flexibility index (Phi) is 5.07. The molecule has 1 aliphatic carbocycles. The second kappa shape index (κ2) is 7.30. The van der Waals surface area contributed by atoms with Gasteiger partial charge >= 0.3 is 18.2 Å². The second-order valence-corrected chi connectivity index (χ2v) is 6.17. The number of amides is 1. The number of hydrogen-bond acceptors (Lipinski definition) is 3. The molecule has 0 aromatic heterocycles. The van der Waals surface area contributed by atoms with Crippen LogP contribution in [0.25, 0.3) is 11.1 Å². The number of fused-ring (bicyclic) bond motifs is 3. The standard InChI is InChI=1S/C19H16F3NO4/c20-19(21,22)11-23(9-17(24)25)18(26)27-10-16-14-7-3-1-5-12(14)13-6-2-4-8-15(13)16/h1-8,16H,9-11H2,(H,24,25). The van der Waals surface area contributed by atoms with Gasteiger partial charge in [-0.3, -0.25) is 9.69 Å². The number of nitrogens with zero attached hydrogens (tertiary/aromatic N) is 1. The molecule has 0 heterocycles. The maximum absolute atomic E-state index is 12.6. The Bertz CT molecular complexity index is 821. The van der Waals surface area contributed by atoms with E-state index in [9.17, 15) is 22.8 Å². The van der Waals surface area contributed by atoms with Crippen molar-refractivity contribution >= 4 is 12.1 Å². The lowest BCUT2D eigenvalue weighted by Crippen LogP contribution is -2.42. The molecule has 2 aromatic carbocycles. The maximum atomic E-state index is 12.6. The summed E-state index contributed by atoms with van der Waals surface area (Å²) >= 11 is 0. The number of aliphatic carboxylic acids is 1. The van der Waals surface area contributed by atoms with E-state index >= 15 is 0 Å². The van der Waals surface area contributed by atoms with Gasteiger partial charge in [-0.2, -0.15) is 13.2 Å². The van der Waals surface area contributed by atoms with Gasteiger partial charge in [0.2, 0.25) is 0 Å². The molecule has 2 aromatic rings. The van der Waals surface area contributed by atoms with Gasteiger partial charge in [-0.1, -0.05) is 48.5 Å². The van der Waals surface area contributed by atoms with E-state index in [-0.39, 0.29) is 17.4 Å². The molecule has 1 N–H and O–H groups in total. The minimum absolute atomic E-state index is 0.134. The first-order valence-corrected chi connectivity index (χ1v) is 8.15. The Hall–Kier alpha value is -3.03. The third-order valence-electron chi connectivity index (χ3n) is 4.29. The smallest absolute Gasteiger partial charge is 0.410 e. The maximum Gasteiger partial charge on any atom is 0.410 e. The van der Waals surface area contributed by atoms with E-state index < -0.39 is 31.3 Å². The normalized spacial score (nSPS) is 13.0. The number of halogens is 3. The minimum atomic E-state index is -4.72. The van der Waals surface area contributed by atoms with Crippen LogP contribution in [-0.4, -0.2) is 47.9 Å². The van der Waals surface area contributed by atoms with Crippen molar-refractivity contribution in [2.45, 2.75) is 12.1 Å². The zero-order chi connectivity index (χ0) is 19.6. The summed E-state index contributed by atoms with van der Waals surface area (Å²) in [6.07, 6.45) is -6.03. The molecule has 0 bridgehead atoms. The van der Waals surface area contributed by atoms with Gasteiger partial charge < -0.3 is 9.84 Å². The summed E-state index contributed by atoms with van der Waals surface area (Å²) in [5, 5.41) is 8.75. The SMILES string of the molecule is O=C(O)CN(CC(F)(F)F)C(=O)OCC1c2ccccc2-c2ccccc21. The Morgan fingerprint density at radius 3 is 2.00 bits per heavy atom. The molecule has 0 radical (unpaired) electrons. The summed E-state index contributed by atoms with van der Waals surface area (Å²) in [6, 6.07) is 15.0. The van der Waals surface area contributed by atoms with Crippen LogP contribution in [0.3, 0.4) is 0 Å². The van der Waals surface area contributed by atoms with Crippen molar-refractivity contribution in [1.29, 1.82) is 0 Å². The molecule has 5 nitrogen and oxygen atoms in total. The number of hydrogen-bond donors (Lipinski definition) is 1. The minimum Gasteiger partial charge on any atom is -0.480 e. The monoisotopic (exact) mass is 379 g/mol. The highest BCUT2D eigenvalue weighted by Crippen LogP contribution is 2.44. The van der Waals surface area contributed by atoms with Crippen molar-refractivity contribution in [2.75, 3.05) is 19.7 Å². The first-order chi connectivity index (χ1) is 12.8. The van der Waals surface area contributed by atoms with Crippen molar-refractivity contribution < 1.29 is 32.6 Å². The molecule has 3 rings (SSSR count). The molecule has 27 heavy (non-hydrogen) atoms. The topological polar surface area (TPSA) is 66.8 Å². The van der Waals surface area contributed by atoms with Crippen molar-refractivity contribution in [3.05, 3.63) is 59.7 Å². The van der Waals surface area contributed by atoms with Crippen LogP contribution in [0.4, 0.5) is 18.0 Å². The van der Waals surface area contributed by atoms with Crippen LogP contribution in [0.2, 0.25) is 0 Å². The van der Waals surface area contributed by atoms with Crippen LogP contribution < -0.4 is 0 Å². The van der Waals surface area contributed by atoms with Crippen LogP contribution in [-0.2, 0) is 9.53 Å². The van der Waals surface area contributed by atoms with Gasteiger partial charge in [0.15, 0.2) is 0 Å². The average molecular weight is 379 g/mol. The number of carbonyl (C=O) groups is 2. The molecule has 0 aliphatic heterocycles. The molecule has 142 valence electrons. The van der Waals surface area contributed by atoms with Gasteiger partial charge in [0.05, 0.1) is 0 Å². The lowest BCUT2D eigenvalue weighted by molar-refractivity contribution is -0.151. The molecule has 8 heteroatoms. The molecule has 0 unspecified atom stereocenters. The first kappa shape index (κ1) is 18.8. The van der Waals surface area contributed by atoms with Gasteiger partial charge in [-0.25, -0.2) is 4.79 Å². The molecule has 1 amide bonds. The van der Waals surface area contributed by atoms with Crippen molar-refractivity contribution in [1.82, 2.24) is 4.90 Å². The molecule has 0 spiro atoms. The predicted molar refractivity (Wildman–Crippen MR) is 90.3 cm³/mol. The van der Waals surface area contributed by atoms with E-state index in [1.54, 1.807) is 0 Å². The average Bonchev–Trinajstić information content (AvgIpc) is 2.91. The van der Waals surface area contributed by atoms with Crippen molar-refractivity contribution in [3.63, 3.8) is 0 Å². The van der Waals surface area contributed by atoms with Crippen molar-refractivity contribution in [3.8, 4) is 11.1 Å². The van der Waals surface area contributed by atoms with E-state index in [0.29, 0.717) is 0 Å². The molecule has 0 fully saturated rings. The highest BCUT2D eigenvalue weighted by Gasteiger charge is 2.36. The lowest BCUT2D eigenvalue weighted by Gasteiger charge is -2.23. The van der Waals surface area contributed by atoms with Gasteiger partial charge in [-0.05, 0) is 22.3 Å². The van der Waals surface area contributed by atoms with E-state index in [1.807, 2.05) is 48.5 Å².